The number of nitrogens with two attached hydrogens (primary N) is 1. The molecule has 0 spiro atoms. The van der Waals surface area contributed by atoms with Gasteiger partial charge in [-0.05, 0) is 26.3 Å². The third-order valence-electron chi connectivity index (χ3n) is 2.17. The van der Waals surface area contributed by atoms with Crippen LogP contribution in [-0.4, -0.2) is 24.0 Å². The smallest absolute Gasteiger partial charge is 0.436 e. The summed E-state index contributed by atoms with van der Waals surface area (Å²) >= 11 is 0. The summed E-state index contributed by atoms with van der Waals surface area (Å²) in [5.74, 6) is 0.0714. The lowest BCUT2D eigenvalue weighted by Crippen LogP contribution is -2.24. The van der Waals surface area contributed by atoms with Crippen molar-refractivity contribution in [2.45, 2.75) is 33.0 Å². The van der Waals surface area contributed by atoms with Crippen LogP contribution in [0.15, 0.2) is 29.3 Å². The maximum Gasteiger partial charge on any atom is 0.436 e. The lowest BCUT2D eigenvalue weighted by molar-refractivity contribution is -0.129. The second kappa shape index (κ2) is 6.70. The largest absolute Gasteiger partial charge is 0.463 e. The molecule has 1 rings (SSSR count). The quantitative estimate of drug-likeness (QED) is 0.516. The molecule has 0 aliphatic heterocycles. The predicted molar refractivity (Wildman–Crippen MR) is 74.3 cm³/mol. The van der Waals surface area contributed by atoms with Crippen molar-refractivity contribution in [2.75, 3.05) is 0 Å². The average molecular weight is 278 g/mol. The summed E-state index contributed by atoms with van der Waals surface area (Å²) in [6.07, 6.45) is -0.733. The van der Waals surface area contributed by atoms with Crippen molar-refractivity contribution in [1.29, 1.82) is 0 Å². The van der Waals surface area contributed by atoms with Crippen molar-refractivity contribution in [2.24, 2.45) is 10.7 Å². The van der Waals surface area contributed by atoms with Crippen molar-refractivity contribution in [1.82, 2.24) is 0 Å². The van der Waals surface area contributed by atoms with Crippen LogP contribution in [0.3, 0.4) is 0 Å². The van der Waals surface area contributed by atoms with E-state index in [1.165, 1.54) is 0 Å². The van der Waals surface area contributed by atoms with Gasteiger partial charge in [0.1, 0.15) is 18.0 Å². The molecule has 0 radical (unpaired) electrons. The minimum Gasteiger partial charge on any atom is -0.463 e. The first kappa shape index (κ1) is 15.7. The Morgan fingerprint density at radius 3 is 2.40 bits per heavy atom. The monoisotopic (exact) mass is 278 g/mol. The zero-order valence-corrected chi connectivity index (χ0v) is 11.8. The first-order valence-corrected chi connectivity index (χ1v) is 6.03. The minimum absolute atomic E-state index is 0.0714. The van der Waals surface area contributed by atoms with Gasteiger partial charge in [0.25, 0.3) is 6.47 Å². The molecule has 0 aliphatic rings. The Morgan fingerprint density at radius 2 is 1.90 bits per heavy atom. The molecule has 0 bridgehead atoms. The summed E-state index contributed by atoms with van der Waals surface area (Å²) in [6.45, 7) is 5.81. The number of rotatable bonds is 4. The number of hydrogen-bond donors (Lipinski definition) is 1. The zero-order chi connectivity index (χ0) is 15.2. The Bertz CT molecular complexity index is 501. The van der Waals surface area contributed by atoms with E-state index in [9.17, 15) is 9.59 Å². The van der Waals surface area contributed by atoms with E-state index in [0.29, 0.717) is 12.0 Å². The topological polar surface area (TPSA) is 91.0 Å². The van der Waals surface area contributed by atoms with Gasteiger partial charge in [0.15, 0.2) is 0 Å². The Kier molecular flexibility index (Phi) is 5.25. The number of amides is 1. The van der Waals surface area contributed by atoms with Crippen molar-refractivity contribution < 1.29 is 19.1 Å². The molecule has 0 aliphatic carbocycles. The normalized spacial score (nSPS) is 11.8. The standard InChI is InChI=1S/C14H18N2O4/c1-14(2,3)20-13(18)16-12(15)11-6-4-10(5-7-11)8-19-9-17/h4-7,9H,8H2,1-3H3,(H2,15,16,18). The molecule has 6 heteroatoms. The molecule has 2 N–H and O–H groups in total. The van der Waals surface area contributed by atoms with E-state index in [1.54, 1.807) is 45.0 Å². The summed E-state index contributed by atoms with van der Waals surface area (Å²) in [6, 6.07) is 6.84. The summed E-state index contributed by atoms with van der Waals surface area (Å²) in [5.41, 5.74) is 6.51. The maximum absolute atomic E-state index is 11.5. The highest BCUT2D eigenvalue weighted by atomic mass is 16.6. The van der Waals surface area contributed by atoms with Crippen LogP contribution in [0, 0.1) is 0 Å². The number of hydrogen-bond acceptors (Lipinski definition) is 4. The molecule has 1 aromatic rings. The molecule has 108 valence electrons. The average Bonchev–Trinajstić information content (AvgIpc) is 2.34. The van der Waals surface area contributed by atoms with Crippen LogP contribution >= 0.6 is 0 Å². The van der Waals surface area contributed by atoms with E-state index in [-0.39, 0.29) is 12.4 Å². The fourth-order valence-corrected chi connectivity index (χ4v) is 1.35. The SMILES string of the molecule is CC(C)(C)OC(=O)N=C(N)c1ccc(COC=O)cc1. The molecule has 0 saturated carbocycles. The van der Waals surface area contributed by atoms with Gasteiger partial charge in [-0.3, -0.25) is 4.79 Å². The van der Waals surface area contributed by atoms with Crippen LogP contribution < -0.4 is 5.73 Å². The van der Waals surface area contributed by atoms with Gasteiger partial charge in [0, 0.05) is 5.56 Å². The number of carbonyl (C=O) groups is 2. The number of nitrogens with zero attached hydrogens (tertiary/aromatic N) is 1. The van der Waals surface area contributed by atoms with Crippen LogP contribution in [0.2, 0.25) is 0 Å². The molecular weight excluding hydrogens is 260 g/mol. The molecule has 0 saturated heterocycles. The third-order valence-corrected chi connectivity index (χ3v) is 2.17. The number of aliphatic imine (C=N–C) groups is 1. The van der Waals surface area contributed by atoms with Gasteiger partial charge in [-0.1, -0.05) is 24.3 Å². The van der Waals surface area contributed by atoms with Gasteiger partial charge < -0.3 is 15.2 Å². The van der Waals surface area contributed by atoms with Crippen LogP contribution in [-0.2, 0) is 20.9 Å². The van der Waals surface area contributed by atoms with Crippen LogP contribution in [0.1, 0.15) is 31.9 Å². The number of amidine groups is 1. The molecule has 1 aromatic carbocycles. The number of benzene rings is 1. The Labute approximate surface area is 117 Å². The van der Waals surface area contributed by atoms with Crippen molar-refractivity contribution in [3.63, 3.8) is 0 Å². The summed E-state index contributed by atoms with van der Waals surface area (Å²) in [5, 5.41) is 0. The Hall–Kier alpha value is -2.37. The second-order valence-corrected chi connectivity index (χ2v) is 5.08. The first-order chi connectivity index (χ1) is 9.31. The highest BCUT2D eigenvalue weighted by molar-refractivity contribution is 6.02. The van der Waals surface area contributed by atoms with E-state index in [4.69, 9.17) is 10.5 Å². The molecule has 0 atom stereocenters. The molecule has 0 fully saturated rings. The van der Waals surface area contributed by atoms with Gasteiger partial charge in [-0.15, -0.1) is 0 Å². The summed E-state index contributed by atoms with van der Waals surface area (Å²) in [7, 11) is 0. The third kappa shape index (κ3) is 5.51. The van der Waals surface area contributed by atoms with E-state index >= 15 is 0 Å². The molecular formula is C14H18N2O4. The Morgan fingerprint density at radius 1 is 1.30 bits per heavy atom. The fourth-order valence-electron chi connectivity index (χ4n) is 1.35. The predicted octanol–water partition coefficient (Wildman–Crippen LogP) is 2.00. The van der Waals surface area contributed by atoms with Gasteiger partial charge >= 0.3 is 6.09 Å². The minimum atomic E-state index is -0.733. The van der Waals surface area contributed by atoms with Gasteiger partial charge in [-0.2, -0.15) is 4.99 Å². The van der Waals surface area contributed by atoms with E-state index in [0.717, 1.165) is 5.56 Å². The van der Waals surface area contributed by atoms with Crippen LogP contribution in [0.4, 0.5) is 4.79 Å². The van der Waals surface area contributed by atoms with E-state index in [2.05, 4.69) is 9.73 Å². The van der Waals surface area contributed by atoms with Crippen molar-refractivity contribution in [3.05, 3.63) is 35.4 Å². The van der Waals surface area contributed by atoms with Crippen LogP contribution in [0.25, 0.3) is 0 Å². The zero-order valence-electron chi connectivity index (χ0n) is 11.8. The van der Waals surface area contributed by atoms with Gasteiger partial charge in [-0.25, -0.2) is 4.79 Å². The second-order valence-electron chi connectivity index (χ2n) is 5.08. The van der Waals surface area contributed by atoms with Gasteiger partial charge in [0.2, 0.25) is 0 Å². The highest BCUT2D eigenvalue weighted by Crippen LogP contribution is 2.09. The molecule has 6 nitrogen and oxygen atoms in total. The molecule has 0 heterocycles. The lowest BCUT2D eigenvalue weighted by atomic mass is 10.1. The van der Waals surface area contributed by atoms with E-state index < -0.39 is 11.7 Å². The van der Waals surface area contributed by atoms with Gasteiger partial charge in [0.05, 0.1) is 0 Å². The van der Waals surface area contributed by atoms with Crippen LogP contribution in [0.5, 0.6) is 0 Å². The Balaban J connectivity index is 2.74. The number of carbonyl (C=O) groups excluding carboxylic acids is 2. The first-order valence-electron chi connectivity index (χ1n) is 6.03. The summed E-state index contributed by atoms with van der Waals surface area (Å²) in [4.78, 5) is 25.2. The number of ether oxygens (including phenoxy) is 2. The van der Waals surface area contributed by atoms with E-state index in [1.807, 2.05) is 0 Å². The highest BCUT2D eigenvalue weighted by Gasteiger charge is 2.16. The molecule has 0 unspecified atom stereocenters. The van der Waals surface area contributed by atoms with Crippen molar-refractivity contribution >= 4 is 18.4 Å². The maximum atomic E-state index is 11.5. The fraction of sp³-hybridized carbons (Fsp3) is 0.357. The lowest BCUT2D eigenvalue weighted by Gasteiger charge is -2.17. The molecule has 1 amide bonds. The summed E-state index contributed by atoms with van der Waals surface area (Å²) < 4.78 is 9.66. The van der Waals surface area contributed by atoms with Crippen molar-refractivity contribution in [3.8, 4) is 0 Å². The molecule has 20 heavy (non-hydrogen) atoms. The molecule has 0 aromatic heterocycles.